The van der Waals surface area contributed by atoms with E-state index in [1.54, 1.807) is 6.20 Å². The van der Waals surface area contributed by atoms with Crippen LogP contribution in [0.2, 0.25) is 0 Å². The Kier molecular flexibility index (Phi) is 5.76. The topological polar surface area (TPSA) is 72.0 Å². The number of piperidine rings is 1. The van der Waals surface area contributed by atoms with Gasteiger partial charge in [-0.05, 0) is 57.7 Å². The molecule has 1 spiro atoms. The summed E-state index contributed by atoms with van der Waals surface area (Å²) in [4.78, 5) is 33.9. The summed E-state index contributed by atoms with van der Waals surface area (Å²) in [6, 6.07) is 1.86. The van der Waals surface area contributed by atoms with Crippen LogP contribution in [-0.4, -0.2) is 67.0 Å². The molecule has 158 valence electrons. The van der Waals surface area contributed by atoms with E-state index >= 15 is 0 Å². The first-order valence-corrected chi connectivity index (χ1v) is 10.8. The number of nitrogens with zero attached hydrogens (tertiary/aromatic N) is 3. The van der Waals surface area contributed by atoms with E-state index in [4.69, 9.17) is 9.47 Å². The minimum Gasteiger partial charge on any atom is -0.480 e. The van der Waals surface area contributed by atoms with Gasteiger partial charge in [0.25, 0.3) is 0 Å². The first-order chi connectivity index (χ1) is 14.0. The third kappa shape index (κ3) is 3.84. The molecular weight excluding hydrogens is 370 g/mol. The Morgan fingerprint density at radius 2 is 2.03 bits per heavy atom. The van der Waals surface area contributed by atoms with Gasteiger partial charge >= 0.3 is 5.97 Å². The molecule has 2 aliphatic heterocycles. The zero-order chi connectivity index (χ0) is 20.4. The van der Waals surface area contributed by atoms with Gasteiger partial charge in [0.15, 0.2) is 0 Å². The molecule has 3 aliphatic rings. The van der Waals surface area contributed by atoms with Crippen LogP contribution in [0.4, 0.5) is 0 Å². The number of pyridine rings is 1. The summed E-state index contributed by atoms with van der Waals surface area (Å²) >= 11 is 0. The number of likely N-dealkylation sites (tertiary alicyclic amines) is 1. The smallest absolute Gasteiger partial charge is 0.344 e. The zero-order valence-corrected chi connectivity index (χ0v) is 17.5. The monoisotopic (exact) mass is 401 g/mol. The number of carbonyl (C=O) groups excluding carboxylic acids is 2. The van der Waals surface area contributed by atoms with Gasteiger partial charge in [-0.1, -0.05) is 6.42 Å². The van der Waals surface area contributed by atoms with Crippen LogP contribution in [0, 0.1) is 5.92 Å². The number of carbonyl (C=O) groups is 2. The number of aromatic nitrogens is 1. The molecule has 2 fully saturated rings. The summed E-state index contributed by atoms with van der Waals surface area (Å²) < 4.78 is 11.1. The number of methoxy groups -OCH3 is 1. The van der Waals surface area contributed by atoms with Crippen molar-refractivity contribution in [3.8, 4) is 5.88 Å². The maximum atomic E-state index is 13.0. The fraction of sp³-hybridized carbons (Fsp3) is 0.682. The third-order valence-corrected chi connectivity index (χ3v) is 6.81. The number of esters is 1. The van der Waals surface area contributed by atoms with Crippen molar-refractivity contribution in [2.45, 2.75) is 50.5 Å². The molecule has 1 saturated carbocycles. The second-order valence-electron chi connectivity index (χ2n) is 8.56. The minimum atomic E-state index is -0.633. The van der Waals surface area contributed by atoms with Gasteiger partial charge in [-0.15, -0.1) is 0 Å². The van der Waals surface area contributed by atoms with E-state index < -0.39 is 5.60 Å². The van der Waals surface area contributed by atoms with Crippen molar-refractivity contribution in [1.29, 1.82) is 0 Å². The lowest BCUT2D eigenvalue weighted by atomic mass is 9.75. The van der Waals surface area contributed by atoms with E-state index in [0.29, 0.717) is 24.3 Å². The number of fused-ring (bicyclic) bond motifs is 2. The minimum absolute atomic E-state index is 0.00142. The average molecular weight is 402 g/mol. The van der Waals surface area contributed by atoms with E-state index in [9.17, 15) is 9.59 Å². The van der Waals surface area contributed by atoms with E-state index in [1.165, 1.54) is 26.4 Å². The van der Waals surface area contributed by atoms with Crippen molar-refractivity contribution < 1.29 is 19.1 Å². The van der Waals surface area contributed by atoms with Crippen molar-refractivity contribution in [3.63, 3.8) is 0 Å². The zero-order valence-electron chi connectivity index (χ0n) is 17.5. The van der Waals surface area contributed by atoms with Gasteiger partial charge in [-0.3, -0.25) is 4.79 Å². The quantitative estimate of drug-likeness (QED) is 0.706. The number of amides is 1. The third-order valence-electron chi connectivity index (χ3n) is 6.81. The molecular formula is C22H31N3O4. The van der Waals surface area contributed by atoms with E-state index in [0.717, 1.165) is 44.6 Å². The lowest BCUT2D eigenvalue weighted by molar-refractivity contribution is -0.137. The van der Waals surface area contributed by atoms with Gasteiger partial charge in [0, 0.05) is 37.8 Å². The summed E-state index contributed by atoms with van der Waals surface area (Å²) in [7, 11) is 3.42. The second kappa shape index (κ2) is 8.30. The van der Waals surface area contributed by atoms with Gasteiger partial charge in [-0.2, -0.15) is 0 Å². The Balaban J connectivity index is 1.36. The van der Waals surface area contributed by atoms with Crippen LogP contribution in [0.25, 0.3) is 0 Å². The van der Waals surface area contributed by atoms with Crippen LogP contribution in [0.5, 0.6) is 5.88 Å². The molecule has 1 aromatic rings. The SMILES string of the molecule is COc1nccc2c1C(=O)OC21CCC(C(=O)N(C)CCN2CCCCC2)CC1. The molecule has 7 nitrogen and oxygen atoms in total. The number of likely N-dealkylation sites (N-methyl/N-ethyl adjacent to an activating group) is 1. The molecule has 0 N–H and O–H groups in total. The Morgan fingerprint density at radius 3 is 2.72 bits per heavy atom. The van der Waals surface area contributed by atoms with E-state index in [2.05, 4.69) is 9.88 Å². The largest absolute Gasteiger partial charge is 0.480 e. The molecule has 4 rings (SSSR count). The van der Waals surface area contributed by atoms with Gasteiger partial charge in [-0.25, -0.2) is 9.78 Å². The highest BCUT2D eigenvalue weighted by molar-refractivity contribution is 5.97. The highest BCUT2D eigenvalue weighted by Gasteiger charge is 2.50. The highest BCUT2D eigenvalue weighted by atomic mass is 16.6. The number of rotatable bonds is 5. The summed E-state index contributed by atoms with van der Waals surface area (Å²) in [6.07, 6.45) is 8.29. The van der Waals surface area contributed by atoms with Crippen molar-refractivity contribution in [2.24, 2.45) is 5.92 Å². The number of hydrogen-bond acceptors (Lipinski definition) is 6. The van der Waals surface area contributed by atoms with Gasteiger partial charge in [0.1, 0.15) is 11.2 Å². The van der Waals surface area contributed by atoms with Crippen LogP contribution < -0.4 is 4.74 Å². The average Bonchev–Trinajstić information content (AvgIpc) is 3.04. The standard InChI is InChI=1S/C22H31N3O4/c1-24(14-15-25-12-4-3-5-13-25)20(26)16-6-9-22(10-7-16)17-8-11-23-19(28-2)18(17)21(27)29-22/h8,11,16H,3-7,9-10,12-15H2,1-2H3. The first-order valence-electron chi connectivity index (χ1n) is 10.8. The Bertz CT molecular complexity index is 767. The molecule has 3 heterocycles. The first kappa shape index (κ1) is 20.1. The van der Waals surface area contributed by atoms with E-state index in [1.807, 2.05) is 18.0 Å². The van der Waals surface area contributed by atoms with E-state index in [-0.39, 0.29) is 17.8 Å². The molecule has 0 aromatic carbocycles. The molecule has 0 bridgehead atoms. The van der Waals surface area contributed by atoms with Crippen molar-refractivity contribution in [2.75, 3.05) is 40.3 Å². The van der Waals surface area contributed by atoms with Gasteiger partial charge < -0.3 is 19.3 Å². The maximum absolute atomic E-state index is 13.0. The van der Waals surface area contributed by atoms with Gasteiger partial charge in [0.05, 0.1) is 7.11 Å². The van der Waals surface area contributed by atoms with Gasteiger partial charge in [0.2, 0.25) is 11.8 Å². The van der Waals surface area contributed by atoms with Crippen LogP contribution >= 0.6 is 0 Å². The highest BCUT2D eigenvalue weighted by Crippen LogP contribution is 2.49. The van der Waals surface area contributed by atoms with Crippen LogP contribution in [0.1, 0.15) is 60.9 Å². The molecule has 0 unspecified atom stereocenters. The van der Waals surface area contributed by atoms with Crippen molar-refractivity contribution >= 4 is 11.9 Å². The van der Waals surface area contributed by atoms with Crippen LogP contribution in [0.3, 0.4) is 0 Å². The second-order valence-corrected chi connectivity index (χ2v) is 8.56. The summed E-state index contributed by atoms with van der Waals surface area (Å²) in [5, 5.41) is 0. The summed E-state index contributed by atoms with van der Waals surface area (Å²) in [5.41, 5.74) is 0.670. The normalized spacial score (nSPS) is 26.8. The molecule has 29 heavy (non-hydrogen) atoms. The molecule has 1 saturated heterocycles. The van der Waals surface area contributed by atoms with Crippen molar-refractivity contribution in [3.05, 3.63) is 23.4 Å². The number of hydrogen-bond donors (Lipinski definition) is 0. The lowest BCUT2D eigenvalue weighted by Gasteiger charge is -2.37. The Hall–Kier alpha value is -2.15. The fourth-order valence-electron chi connectivity index (χ4n) is 5.06. The predicted octanol–water partition coefficient (Wildman–Crippen LogP) is 2.59. The Morgan fingerprint density at radius 1 is 1.31 bits per heavy atom. The molecule has 7 heteroatoms. The number of ether oxygens (including phenoxy) is 2. The molecule has 0 radical (unpaired) electrons. The molecule has 1 aliphatic carbocycles. The van der Waals surface area contributed by atoms with Crippen molar-refractivity contribution in [1.82, 2.24) is 14.8 Å². The fourth-order valence-corrected chi connectivity index (χ4v) is 5.06. The maximum Gasteiger partial charge on any atom is 0.344 e. The molecule has 1 amide bonds. The summed E-state index contributed by atoms with van der Waals surface area (Å²) in [5.74, 6) is 0.167. The van der Waals surface area contributed by atoms with Crippen LogP contribution in [-0.2, 0) is 15.1 Å². The van der Waals surface area contributed by atoms with Crippen LogP contribution in [0.15, 0.2) is 12.3 Å². The molecule has 1 aromatic heterocycles. The predicted molar refractivity (Wildman–Crippen MR) is 108 cm³/mol. The molecule has 0 atom stereocenters. The Labute approximate surface area is 172 Å². The lowest BCUT2D eigenvalue weighted by Crippen LogP contribution is -2.43. The summed E-state index contributed by atoms with van der Waals surface area (Å²) in [6.45, 7) is 4.03.